The molecule has 0 aromatic carbocycles. The Hall–Kier alpha value is -3.25. The Balaban J connectivity index is 1.56. The molecule has 0 spiro atoms. The van der Waals surface area contributed by atoms with Crippen LogP contribution in [0, 0.1) is 0 Å². The monoisotopic (exact) mass is 565 g/mol. The van der Waals surface area contributed by atoms with Gasteiger partial charge in [0, 0.05) is 31.5 Å². The third kappa shape index (κ3) is 9.74. The van der Waals surface area contributed by atoms with E-state index in [1.165, 1.54) is 11.6 Å². The van der Waals surface area contributed by atoms with Crippen molar-refractivity contribution in [3.8, 4) is 0 Å². The molecule has 3 rings (SSSR count). The van der Waals surface area contributed by atoms with Crippen LogP contribution >= 0.6 is 0 Å². The summed E-state index contributed by atoms with van der Waals surface area (Å²) in [6.07, 6.45) is 0.819. The van der Waals surface area contributed by atoms with Crippen LogP contribution in [0.2, 0.25) is 0 Å². The highest BCUT2D eigenvalue weighted by Gasteiger charge is 2.37. The van der Waals surface area contributed by atoms with E-state index < -0.39 is 35.4 Å². The molecular weight excluding hydrogens is 527 g/mol. The quantitative estimate of drug-likeness (QED) is 0.276. The van der Waals surface area contributed by atoms with Crippen LogP contribution in [0.1, 0.15) is 66.8 Å². The van der Waals surface area contributed by atoms with Gasteiger partial charge in [-0.05, 0) is 82.7 Å². The number of hydrogen-bond donors (Lipinski definition) is 3. The second-order valence-electron chi connectivity index (χ2n) is 10.1. The summed E-state index contributed by atoms with van der Waals surface area (Å²) in [5, 5.41) is 15.3. The molecule has 0 bridgehead atoms. The highest BCUT2D eigenvalue weighted by atomic mass is 19.4. The van der Waals surface area contributed by atoms with Crippen molar-refractivity contribution in [2.75, 3.05) is 38.1 Å². The minimum absolute atomic E-state index is 0.0163. The number of halogens is 3. The molecule has 0 radical (unpaired) electrons. The van der Waals surface area contributed by atoms with E-state index in [0.717, 1.165) is 62.4 Å². The van der Waals surface area contributed by atoms with E-state index in [1.54, 1.807) is 0 Å². The Morgan fingerprint density at radius 3 is 2.70 bits per heavy atom. The number of carbonyl (C=O) groups is 2. The summed E-state index contributed by atoms with van der Waals surface area (Å²) in [6.45, 7) is 6.78. The lowest BCUT2D eigenvalue weighted by Gasteiger charge is -2.25. The topological polar surface area (TPSA) is 117 Å². The fourth-order valence-electron chi connectivity index (χ4n) is 4.52. The number of aromatic nitrogens is 2. The summed E-state index contributed by atoms with van der Waals surface area (Å²) in [7, 11) is 0. The van der Waals surface area contributed by atoms with Gasteiger partial charge in [-0.3, -0.25) is 9.78 Å². The second kappa shape index (κ2) is 14.9. The molecule has 0 unspecified atom stereocenters. The van der Waals surface area contributed by atoms with Gasteiger partial charge >= 0.3 is 12.1 Å². The molecule has 40 heavy (non-hydrogen) atoms. The Morgan fingerprint density at radius 1 is 1.18 bits per heavy atom. The largest absolute Gasteiger partial charge is 0.480 e. The molecule has 2 aromatic rings. The molecule has 1 aliphatic rings. The van der Waals surface area contributed by atoms with Crippen molar-refractivity contribution in [3.63, 3.8) is 0 Å². The number of unbranched alkanes of at least 4 members (excludes halogenated alkanes) is 1. The first-order chi connectivity index (χ1) is 19.0. The molecule has 1 amide bonds. The maximum Gasteiger partial charge on any atom is 0.434 e. The molecule has 0 aliphatic carbocycles. The molecule has 0 saturated heterocycles. The predicted molar refractivity (Wildman–Crippen MR) is 144 cm³/mol. The lowest BCUT2D eigenvalue weighted by atomic mass is 10.1. The van der Waals surface area contributed by atoms with Crippen LogP contribution in [0.5, 0.6) is 0 Å². The summed E-state index contributed by atoms with van der Waals surface area (Å²) in [5.74, 6) is -1.49. The van der Waals surface area contributed by atoms with Crippen LogP contribution in [0.4, 0.5) is 19.0 Å². The molecule has 0 fully saturated rings. The van der Waals surface area contributed by atoms with Gasteiger partial charge in [0.2, 0.25) is 0 Å². The highest BCUT2D eigenvalue weighted by molar-refractivity contribution is 5.97. The highest BCUT2D eigenvalue weighted by Crippen LogP contribution is 2.30. The molecule has 1 atom stereocenters. The van der Waals surface area contributed by atoms with Gasteiger partial charge in [-0.15, -0.1) is 0 Å². The average Bonchev–Trinajstić information content (AvgIpc) is 2.91. The van der Waals surface area contributed by atoms with Crippen molar-refractivity contribution in [3.05, 3.63) is 53.0 Å². The molecule has 0 saturated carbocycles. The van der Waals surface area contributed by atoms with E-state index >= 15 is 0 Å². The minimum atomic E-state index is -4.84. The van der Waals surface area contributed by atoms with E-state index in [2.05, 4.69) is 32.7 Å². The Kier molecular flexibility index (Phi) is 11.7. The number of carbonyl (C=O) groups excluding carboxylic acids is 1. The van der Waals surface area contributed by atoms with Gasteiger partial charge in [0.25, 0.3) is 5.91 Å². The Bertz CT molecular complexity index is 1130. The van der Waals surface area contributed by atoms with Crippen LogP contribution in [0.3, 0.4) is 0 Å². The summed E-state index contributed by atoms with van der Waals surface area (Å²) < 4.78 is 45.5. The standard InChI is InChI=1S/C28H38F3N5O4/c1-19(2)40-18-17-36(15-4-3-8-21-11-10-20-7-5-14-33-25(20)34-21)16-12-23(27(38)39)35-26(37)22-9-6-13-32-24(22)28(29,30)31/h6,9-11,13,19,23H,3-5,7-8,12,14-18H2,1-2H3,(H,33,34)(H,35,37)(H,38,39)/t23-/m0/s1. The number of fused-ring (bicyclic) bond motifs is 1. The van der Waals surface area contributed by atoms with Crippen molar-refractivity contribution in [2.45, 2.75) is 70.7 Å². The zero-order valence-corrected chi connectivity index (χ0v) is 23.0. The van der Waals surface area contributed by atoms with Crippen LogP contribution in [0.15, 0.2) is 30.5 Å². The number of anilines is 1. The van der Waals surface area contributed by atoms with Crippen LogP contribution < -0.4 is 10.6 Å². The fraction of sp³-hybridized carbons (Fsp3) is 0.571. The van der Waals surface area contributed by atoms with Crippen molar-refractivity contribution < 1.29 is 32.6 Å². The number of aryl methyl sites for hydroxylation is 2. The lowest BCUT2D eigenvalue weighted by molar-refractivity contribution is -0.141. The Morgan fingerprint density at radius 2 is 1.98 bits per heavy atom. The lowest BCUT2D eigenvalue weighted by Crippen LogP contribution is -2.44. The van der Waals surface area contributed by atoms with Crippen molar-refractivity contribution in [1.82, 2.24) is 20.2 Å². The zero-order chi connectivity index (χ0) is 29.1. The molecular formula is C28H38F3N5O4. The van der Waals surface area contributed by atoms with Gasteiger partial charge in [0.1, 0.15) is 11.9 Å². The average molecular weight is 566 g/mol. The molecule has 3 heterocycles. The van der Waals surface area contributed by atoms with Gasteiger partial charge < -0.3 is 25.4 Å². The van der Waals surface area contributed by atoms with E-state index in [0.29, 0.717) is 26.2 Å². The minimum Gasteiger partial charge on any atom is -0.480 e. The summed E-state index contributed by atoms with van der Waals surface area (Å²) in [4.78, 5) is 34.5. The number of nitrogens with zero attached hydrogens (tertiary/aromatic N) is 3. The van der Waals surface area contributed by atoms with E-state index in [9.17, 15) is 27.9 Å². The van der Waals surface area contributed by atoms with Gasteiger partial charge in [-0.25, -0.2) is 9.78 Å². The number of aliphatic carboxylic acids is 1. The predicted octanol–water partition coefficient (Wildman–Crippen LogP) is 4.18. The summed E-state index contributed by atoms with van der Waals surface area (Å²) in [5.41, 5.74) is 0.192. The normalized spacial score (nSPS) is 14.1. The first-order valence-electron chi connectivity index (χ1n) is 13.7. The van der Waals surface area contributed by atoms with Gasteiger partial charge in [0.05, 0.1) is 18.3 Å². The number of amides is 1. The first kappa shape index (κ1) is 31.3. The first-order valence-corrected chi connectivity index (χ1v) is 13.7. The summed E-state index contributed by atoms with van der Waals surface area (Å²) in [6, 6.07) is 5.00. The smallest absolute Gasteiger partial charge is 0.434 e. The van der Waals surface area contributed by atoms with Crippen LogP contribution in [-0.4, -0.2) is 76.8 Å². The van der Waals surface area contributed by atoms with Crippen molar-refractivity contribution in [1.29, 1.82) is 0 Å². The maximum atomic E-state index is 13.3. The number of hydrogen-bond acceptors (Lipinski definition) is 7. The molecule has 1 aliphatic heterocycles. The van der Waals surface area contributed by atoms with Gasteiger partial charge in [-0.2, -0.15) is 13.2 Å². The van der Waals surface area contributed by atoms with E-state index in [1.807, 2.05) is 13.8 Å². The molecule has 3 N–H and O–H groups in total. The van der Waals surface area contributed by atoms with Gasteiger partial charge in [0.15, 0.2) is 5.69 Å². The number of nitrogens with one attached hydrogen (secondary N) is 2. The molecule has 2 aromatic heterocycles. The second-order valence-corrected chi connectivity index (χ2v) is 10.1. The number of pyridine rings is 2. The van der Waals surface area contributed by atoms with Crippen LogP contribution in [0.25, 0.3) is 0 Å². The fourth-order valence-corrected chi connectivity index (χ4v) is 4.52. The van der Waals surface area contributed by atoms with E-state index in [4.69, 9.17) is 9.72 Å². The Labute approximate surface area is 232 Å². The molecule has 9 nitrogen and oxygen atoms in total. The third-order valence-electron chi connectivity index (χ3n) is 6.63. The number of rotatable bonds is 15. The van der Waals surface area contributed by atoms with Crippen molar-refractivity contribution >= 4 is 17.7 Å². The maximum absolute atomic E-state index is 13.3. The van der Waals surface area contributed by atoms with Gasteiger partial charge in [-0.1, -0.05) is 6.07 Å². The van der Waals surface area contributed by atoms with Crippen molar-refractivity contribution in [2.24, 2.45) is 0 Å². The van der Waals surface area contributed by atoms with Crippen LogP contribution in [-0.2, 0) is 28.5 Å². The number of alkyl halides is 3. The number of carboxylic acids is 1. The molecule has 12 heteroatoms. The number of carboxylic acid groups (broad SMARTS) is 1. The number of ether oxygens (including phenoxy) is 1. The van der Waals surface area contributed by atoms with E-state index in [-0.39, 0.29) is 12.5 Å². The molecule has 220 valence electrons. The SMILES string of the molecule is CC(C)OCCN(CCCCc1ccc2c(n1)NCCC2)CC[C@H](NC(=O)c1cccnc1C(F)(F)F)C(=O)O. The third-order valence-corrected chi connectivity index (χ3v) is 6.63. The summed E-state index contributed by atoms with van der Waals surface area (Å²) >= 11 is 0. The zero-order valence-electron chi connectivity index (χ0n) is 23.0.